The van der Waals surface area contributed by atoms with Gasteiger partial charge in [-0.05, 0) is 6.42 Å². The maximum Gasteiger partial charge on any atom is 0.167 e. The highest BCUT2D eigenvalue weighted by Gasteiger charge is 2.12. The summed E-state index contributed by atoms with van der Waals surface area (Å²) in [4.78, 5) is 17.3. The Labute approximate surface area is 77.3 Å². The van der Waals surface area contributed by atoms with Gasteiger partial charge in [-0.1, -0.05) is 13.3 Å². The van der Waals surface area contributed by atoms with Crippen molar-refractivity contribution in [2.45, 2.75) is 25.9 Å². The van der Waals surface area contributed by atoms with Crippen molar-refractivity contribution in [2.24, 2.45) is 0 Å². The Morgan fingerprint density at radius 2 is 2.54 bits per heavy atom. The van der Waals surface area contributed by atoms with Crippen LogP contribution in [0.5, 0.6) is 0 Å². The molecular weight excluding hydrogens is 168 g/mol. The molecule has 0 spiro atoms. The Morgan fingerprint density at radius 3 is 3.00 bits per heavy atom. The molecular formula is C9H14N2O2. The molecule has 72 valence electrons. The van der Waals surface area contributed by atoms with Gasteiger partial charge >= 0.3 is 0 Å². The fourth-order valence-electron chi connectivity index (χ4n) is 1.20. The third-order valence-corrected chi connectivity index (χ3v) is 1.88. The van der Waals surface area contributed by atoms with E-state index in [2.05, 4.69) is 16.9 Å². The fourth-order valence-corrected chi connectivity index (χ4v) is 1.20. The molecule has 0 aliphatic rings. The number of methoxy groups -OCH3 is 1. The van der Waals surface area contributed by atoms with Crippen molar-refractivity contribution in [1.29, 1.82) is 0 Å². The monoisotopic (exact) mass is 182 g/mol. The van der Waals surface area contributed by atoms with E-state index in [1.807, 2.05) is 0 Å². The van der Waals surface area contributed by atoms with Crippen LogP contribution in [0.25, 0.3) is 0 Å². The number of aromatic amines is 1. The Bertz CT molecular complexity index is 270. The molecule has 0 saturated carbocycles. The second kappa shape index (κ2) is 4.77. The van der Waals surface area contributed by atoms with Gasteiger partial charge in [0.2, 0.25) is 0 Å². The van der Waals surface area contributed by atoms with Crippen LogP contribution in [0.2, 0.25) is 0 Å². The zero-order chi connectivity index (χ0) is 9.68. The highest BCUT2D eigenvalue weighted by Crippen LogP contribution is 2.18. The van der Waals surface area contributed by atoms with Crippen LogP contribution in [-0.2, 0) is 4.74 Å². The SMILES string of the molecule is CCCC(OC)c1ncc(C=O)[nH]1. The topological polar surface area (TPSA) is 55.0 Å². The van der Waals surface area contributed by atoms with Crippen molar-refractivity contribution in [2.75, 3.05) is 7.11 Å². The zero-order valence-corrected chi connectivity index (χ0v) is 7.91. The molecule has 4 heteroatoms. The van der Waals surface area contributed by atoms with Gasteiger partial charge < -0.3 is 9.72 Å². The molecule has 0 aliphatic heterocycles. The van der Waals surface area contributed by atoms with E-state index >= 15 is 0 Å². The normalized spacial score (nSPS) is 12.8. The summed E-state index contributed by atoms with van der Waals surface area (Å²) in [6.07, 6.45) is 4.16. The van der Waals surface area contributed by atoms with Crippen LogP contribution < -0.4 is 0 Å². The number of H-pyrrole nitrogens is 1. The van der Waals surface area contributed by atoms with E-state index in [9.17, 15) is 4.79 Å². The molecule has 4 nitrogen and oxygen atoms in total. The Hall–Kier alpha value is -1.16. The average molecular weight is 182 g/mol. The molecule has 1 rings (SSSR count). The van der Waals surface area contributed by atoms with Crippen LogP contribution in [0.4, 0.5) is 0 Å². The van der Waals surface area contributed by atoms with Gasteiger partial charge in [0.1, 0.15) is 11.9 Å². The summed E-state index contributed by atoms with van der Waals surface area (Å²) >= 11 is 0. The van der Waals surface area contributed by atoms with E-state index in [-0.39, 0.29) is 6.10 Å². The third kappa shape index (κ3) is 2.39. The lowest BCUT2D eigenvalue weighted by Gasteiger charge is -2.10. The number of carbonyl (C=O) groups excluding carboxylic acids is 1. The molecule has 1 N–H and O–H groups in total. The molecule has 0 radical (unpaired) electrons. The minimum Gasteiger partial charge on any atom is -0.374 e. The highest BCUT2D eigenvalue weighted by atomic mass is 16.5. The summed E-state index contributed by atoms with van der Waals surface area (Å²) in [6, 6.07) is 0. The number of hydrogen-bond acceptors (Lipinski definition) is 3. The second-order valence-corrected chi connectivity index (χ2v) is 2.85. The predicted octanol–water partition coefficient (Wildman–Crippen LogP) is 1.71. The van der Waals surface area contributed by atoms with Crippen molar-refractivity contribution in [1.82, 2.24) is 9.97 Å². The quantitative estimate of drug-likeness (QED) is 0.705. The maximum atomic E-state index is 10.4. The molecule has 0 amide bonds. The van der Waals surface area contributed by atoms with E-state index in [1.54, 1.807) is 7.11 Å². The maximum absolute atomic E-state index is 10.4. The van der Waals surface area contributed by atoms with Gasteiger partial charge in [-0.15, -0.1) is 0 Å². The summed E-state index contributed by atoms with van der Waals surface area (Å²) in [5.41, 5.74) is 0.494. The van der Waals surface area contributed by atoms with Crippen LogP contribution in [0.1, 0.15) is 42.2 Å². The minimum absolute atomic E-state index is 0.0290. The number of carbonyl (C=O) groups is 1. The van der Waals surface area contributed by atoms with Crippen molar-refractivity contribution in [3.8, 4) is 0 Å². The van der Waals surface area contributed by atoms with E-state index < -0.39 is 0 Å². The molecule has 0 aromatic carbocycles. The van der Waals surface area contributed by atoms with Gasteiger partial charge in [0.05, 0.1) is 11.9 Å². The van der Waals surface area contributed by atoms with Gasteiger partial charge in [-0.25, -0.2) is 4.98 Å². The number of nitrogens with one attached hydrogen (secondary N) is 1. The van der Waals surface area contributed by atoms with E-state index in [0.29, 0.717) is 5.69 Å². The molecule has 1 atom stereocenters. The number of aldehydes is 1. The van der Waals surface area contributed by atoms with Gasteiger partial charge in [-0.3, -0.25) is 4.79 Å². The summed E-state index contributed by atoms with van der Waals surface area (Å²) in [7, 11) is 1.64. The predicted molar refractivity (Wildman–Crippen MR) is 48.6 cm³/mol. The first-order valence-electron chi connectivity index (χ1n) is 4.34. The Kier molecular flexibility index (Phi) is 3.64. The standard InChI is InChI=1S/C9H14N2O2/c1-3-4-8(13-2)9-10-5-7(6-12)11-9/h5-6,8H,3-4H2,1-2H3,(H,10,11). The van der Waals surface area contributed by atoms with Crippen molar-refractivity contribution in [3.63, 3.8) is 0 Å². The first-order valence-corrected chi connectivity index (χ1v) is 4.34. The van der Waals surface area contributed by atoms with Crippen molar-refractivity contribution >= 4 is 6.29 Å². The van der Waals surface area contributed by atoms with E-state index in [0.717, 1.165) is 25.0 Å². The second-order valence-electron chi connectivity index (χ2n) is 2.85. The van der Waals surface area contributed by atoms with Gasteiger partial charge in [0.25, 0.3) is 0 Å². The number of ether oxygens (including phenoxy) is 1. The Balaban J connectivity index is 2.72. The molecule has 0 bridgehead atoms. The van der Waals surface area contributed by atoms with Crippen LogP contribution in [0, 0.1) is 0 Å². The minimum atomic E-state index is -0.0290. The number of imidazole rings is 1. The van der Waals surface area contributed by atoms with Gasteiger partial charge in [-0.2, -0.15) is 0 Å². The molecule has 0 aliphatic carbocycles. The third-order valence-electron chi connectivity index (χ3n) is 1.88. The molecule has 0 fully saturated rings. The Morgan fingerprint density at radius 1 is 1.77 bits per heavy atom. The summed E-state index contributed by atoms with van der Waals surface area (Å²) in [5, 5.41) is 0. The largest absolute Gasteiger partial charge is 0.374 e. The van der Waals surface area contributed by atoms with Crippen LogP contribution in [0.3, 0.4) is 0 Å². The fraction of sp³-hybridized carbons (Fsp3) is 0.556. The first-order chi connectivity index (χ1) is 6.31. The van der Waals surface area contributed by atoms with E-state index in [1.165, 1.54) is 6.20 Å². The molecule has 1 aromatic rings. The van der Waals surface area contributed by atoms with Gasteiger partial charge in [0.15, 0.2) is 6.29 Å². The van der Waals surface area contributed by atoms with Crippen LogP contribution in [0.15, 0.2) is 6.20 Å². The molecule has 1 aromatic heterocycles. The summed E-state index contributed by atoms with van der Waals surface area (Å²) in [5.74, 6) is 0.728. The van der Waals surface area contributed by atoms with Gasteiger partial charge in [0, 0.05) is 7.11 Å². The number of hydrogen-bond donors (Lipinski definition) is 1. The number of aromatic nitrogens is 2. The summed E-state index contributed by atoms with van der Waals surface area (Å²) < 4.78 is 5.22. The zero-order valence-electron chi connectivity index (χ0n) is 7.91. The molecule has 1 unspecified atom stereocenters. The van der Waals surface area contributed by atoms with Crippen LogP contribution >= 0.6 is 0 Å². The smallest absolute Gasteiger partial charge is 0.167 e. The van der Waals surface area contributed by atoms with Crippen molar-refractivity contribution in [3.05, 3.63) is 17.7 Å². The lowest BCUT2D eigenvalue weighted by atomic mass is 10.2. The number of nitrogens with zero attached hydrogens (tertiary/aromatic N) is 1. The van der Waals surface area contributed by atoms with E-state index in [4.69, 9.17) is 4.74 Å². The van der Waals surface area contributed by atoms with Crippen molar-refractivity contribution < 1.29 is 9.53 Å². The highest BCUT2D eigenvalue weighted by molar-refractivity contribution is 5.71. The van der Waals surface area contributed by atoms with Crippen LogP contribution in [-0.4, -0.2) is 23.4 Å². The molecule has 1 heterocycles. The average Bonchev–Trinajstić information content (AvgIpc) is 2.62. The lowest BCUT2D eigenvalue weighted by Crippen LogP contribution is -2.03. The first kappa shape index (κ1) is 9.92. The summed E-state index contributed by atoms with van der Waals surface area (Å²) in [6.45, 7) is 2.08. The lowest BCUT2D eigenvalue weighted by molar-refractivity contribution is 0.0882. The number of rotatable bonds is 5. The molecule has 0 saturated heterocycles. The molecule has 13 heavy (non-hydrogen) atoms.